The number of amides is 1. The summed E-state index contributed by atoms with van der Waals surface area (Å²) in [7, 11) is 0. The summed E-state index contributed by atoms with van der Waals surface area (Å²) in [5, 5.41) is 5.78. The number of ether oxygens (including phenoxy) is 1. The molecule has 0 fully saturated rings. The summed E-state index contributed by atoms with van der Waals surface area (Å²) < 4.78 is 20.2. The number of ketones is 1. The van der Waals surface area contributed by atoms with Crippen LogP contribution in [0.5, 0.6) is 5.75 Å². The number of fused-ring (bicyclic) bond motifs is 1. The second-order valence-corrected chi connectivity index (χ2v) is 6.32. The smallest absolute Gasteiger partial charge is 0.265 e. The lowest BCUT2D eigenvalue weighted by atomic mass is 9.99. The average molecular weight is 356 g/mol. The molecule has 0 bridgehead atoms. The molecule has 6 heteroatoms. The highest BCUT2D eigenvalue weighted by molar-refractivity contribution is 5.95. The van der Waals surface area contributed by atoms with Crippen molar-refractivity contribution >= 4 is 17.4 Å². The van der Waals surface area contributed by atoms with Crippen LogP contribution in [-0.4, -0.2) is 24.3 Å². The van der Waals surface area contributed by atoms with Gasteiger partial charge in [0, 0.05) is 12.1 Å². The Labute approximate surface area is 151 Å². The Morgan fingerprint density at radius 3 is 2.85 bits per heavy atom. The van der Waals surface area contributed by atoms with Gasteiger partial charge in [0.2, 0.25) is 0 Å². The molecule has 26 heavy (non-hydrogen) atoms. The van der Waals surface area contributed by atoms with Gasteiger partial charge in [0.25, 0.3) is 5.91 Å². The largest absolute Gasteiger partial charge is 0.481 e. The fourth-order valence-corrected chi connectivity index (χ4v) is 2.91. The SMILES string of the molecule is CC(=O)c1cccc(OC(C)C(=O)Nc2ccc3c(c2F)CCNC3)c1. The molecule has 1 atom stereocenters. The molecule has 2 aromatic carbocycles. The van der Waals surface area contributed by atoms with Crippen molar-refractivity contribution in [2.24, 2.45) is 0 Å². The van der Waals surface area contributed by atoms with Crippen molar-refractivity contribution in [2.75, 3.05) is 11.9 Å². The number of Topliss-reactive ketones (excluding diaryl/α,β-unsaturated/α-hetero) is 1. The fourth-order valence-electron chi connectivity index (χ4n) is 2.91. The van der Waals surface area contributed by atoms with Gasteiger partial charge >= 0.3 is 0 Å². The van der Waals surface area contributed by atoms with Gasteiger partial charge in [-0.1, -0.05) is 18.2 Å². The summed E-state index contributed by atoms with van der Waals surface area (Å²) in [5.74, 6) is -0.510. The number of carbonyl (C=O) groups is 2. The molecule has 5 nitrogen and oxygen atoms in total. The van der Waals surface area contributed by atoms with Gasteiger partial charge in [-0.2, -0.15) is 0 Å². The average Bonchev–Trinajstić information content (AvgIpc) is 2.64. The lowest BCUT2D eigenvalue weighted by Crippen LogP contribution is -2.31. The first kappa shape index (κ1) is 18.1. The number of nitrogens with one attached hydrogen (secondary N) is 2. The van der Waals surface area contributed by atoms with Crippen LogP contribution >= 0.6 is 0 Å². The van der Waals surface area contributed by atoms with Crippen LogP contribution in [-0.2, 0) is 17.8 Å². The van der Waals surface area contributed by atoms with Crippen LogP contribution in [0.25, 0.3) is 0 Å². The molecule has 2 aromatic rings. The first-order chi connectivity index (χ1) is 12.5. The molecule has 1 heterocycles. The van der Waals surface area contributed by atoms with Crippen molar-refractivity contribution in [3.8, 4) is 5.75 Å². The van der Waals surface area contributed by atoms with Crippen molar-refractivity contribution in [3.05, 3.63) is 58.9 Å². The molecule has 2 N–H and O–H groups in total. The van der Waals surface area contributed by atoms with E-state index in [0.717, 1.165) is 5.56 Å². The molecule has 1 aliphatic rings. The molecule has 1 unspecified atom stereocenters. The highest BCUT2D eigenvalue weighted by Crippen LogP contribution is 2.25. The maximum absolute atomic E-state index is 14.6. The third-order valence-electron chi connectivity index (χ3n) is 4.39. The summed E-state index contributed by atoms with van der Waals surface area (Å²) in [5.41, 5.74) is 2.22. The van der Waals surface area contributed by atoms with E-state index in [-0.39, 0.29) is 17.3 Å². The van der Waals surface area contributed by atoms with E-state index in [4.69, 9.17) is 4.74 Å². The zero-order valence-electron chi connectivity index (χ0n) is 14.8. The topological polar surface area (TPSA) is 67.4 Å². The predicted molar refractivity (Wildman–Crippen MR) is 97.0 cm³/mol. The van der Waals surface area contributed by atoms with Gasteiger partial charge in [-0.25, -0.2) is 4.39 Å². The quantitative estimate of drug-likeness (QED) is 0.808. The van der Waals surface area contributed by atoms with Crippen LogP contribution in [0.2, 0.25) is 0 Å². The summed E-state index contributed by atoms with van der Waals surface area (Å²) in [6.07, 6.45) is -0.247. The fraction of sp³-hybridized carbons (Fsp3) is 0.300. The normalized spacial score (nSPS) is 14.3. The Bertz CT molecular complexity index is 851. The Morgan fingerprint density at radius 2 is 2.08 bits per heavy atom. The molecular weight excluding hydrogens is 335 g/mol. The van der Waals surface area contributed by atoms with E-state index < -0.39 is 12.0 Å². The highest BCUT2D eigenvalue weighted by Gasteiger charge is 2.20. The number of benzene rings is 2. The van der Waals surface area contributed by atoms with Gasteiger partial charge in [-0.3, -0.25) is 9.59 Å². The minimum atomic E-state index is -0.839. The third kappa shape index (κ3) is 3.91. The second-order valence-electron chi connectivity index (χ2n) is 6.32. The van der Waals surface area contributed by atoms with Gasteiger partial charge in [0.05, 0.1) is 5.69 Å². The standard InChI is InChI=1S/C20H21FN2O3/c1-12(24)14-4-3-5-16(10-14)26-13(2)20(25)23-18-7-6-15-11-22-9-8-17(15)19(18)21/h3-7,10,13,22H,8-9,11H2,1-2H3,(H,23,25). The van der Waals surface area contributed by atoms with E-state index in [1.165, 1.54) is 6.92 Å². The van der Waals surface area contributed by atoms with E-state index in [2.05, 4.69) is 10.6 Å². The molecule has 136 valence electrons. The van der Waals surface area contributed by atoms with Crippen molar-refractivity contribution in [1.82, 2.24) is 5.32 Å². The van der Waals surface area contributed by atoms with Crippen molar-refractivity contribution in [2.45, 2.75) is 32.9 Å². The van der Waals surface area contributed by atoms with E-state index in [1.54, 1.807) is 37.3 Å². The van der Waals surface area contributed by atoms with Gasteiger partial charge in [-0.05, 0) is 56.1 Å². The van der Waals surface area contributed by atoms with Crippen molar-refractivity contribution < 1.29 is 18.7 Å². The number of hydrogen-bond acceptors (Lipinski definition) is 4. The van der Waals surface area contributed by atoms with Crippen LogP contribution in [0.15, 0.2) is 36.4 Å². The van der Waals surface area contributed by atoms with E-state index in [0.29, 0.717) is 36.4 Å². The monoisotopic (exact) mass is 356 g/mol. The molecular formula is C20H21FN2O3. The third-order valence-corrected chi connectivity index (χ3v) is 4.39. The molecule has 0 aliphatic carbocycles. The molecule has 1 amide bonds. The summed E-state index contributed by atoms with van der Waals surface area (Å²) in [6.45, 7) is 4.39. The molecule has 3 rings (SSSR count). The number of halogens is 1. The number of hydrogen-bond donors (Lipinski definition) is 2. The summed E-state index contributed by atoms with van der Waals surface area (Å²) >= 11 is 0. The Kier molecular flexibility index (Phi) is 5.32. The first-order valence-electron chi connectivity index (χ1n) is 8.55. The van der Waals surface area contributed by atoms with Gasteiger partial charge in [0.15, 0.2) is 11.9 Å². The maximum atomic E-state index is 14.6. The zero-order chi connectivity index (χ0) is 18.7. The van der Waals surface area contributed by atoms with Crippen LogP contribution in [0.1, 0.15) is 35.3 Å². The second kappa shape index (κ2) is 7.66. The molecule has 0 saturated heterocycles. The molecule has 0 saturated carbocycles. The van der Waals surface area contributed by atoms with Crippen LogP contribution < -0.4 is 15.4 Å². The summed E-state index contributed by atoms with van der Waals surface area (Å²) in [6, 6.07) is 10.0. The Hall–Kier alpha value is -2.73. The predicted octanol–water partition coefficient (Wildman–Crippen LogP) is 3.08. The van der Waals surface area contributed by atoms with Crippen molar-refractivity contribution in [3.63, 3.8) is 0 Å². The Balaban J connectivity index is 1.70. The molecule has 0 radical (unpaired) electrons. The van der Waals surface area contributed by atoms with E-state index in [9.17, 15) is 14.0 Å². The van der Waals surface area contributed by atoms with Crippen LogP contribution in [0, 0.1) is 5.82 Å². The van der Waals surface area contributed by atoms with E-state index in [1.807, 2.05) is 6.07 Å². The number of anilines is 1. The maximum Gasteiger partial charge on any atom is 0.265 e. The zero-order valence-corrected chi connectivity index (χ0v) is 14.8. The number of rotatable bonds is 5. The molecule has 0 spiro atoms. The van der Waals surface area contributed by atoms with Crippen LogP contribution in [0.3, 0.4) is 0 Å². The van der Waals surface area contributed by atoms with Gasteiger partial charge < -0.3 is 15.4 Å². The van der Waals surface area contributed by atoms with E-state index >= 15 is 0 Å². The lowest BCUT2D eigenvalue weighted by molar-refractivity contribution is -0.122. The molecule has 1 aliphatic heterocycles. The lowest BCUT2D eigenvalue weighted by Gasteiger charge is -2.20. The summed E-state index contributed by atoms with van der Waals surface area (Å²) in [4.78, 5) is 23.8. The minimum Gasteiger partial charge on any atom is -0.481 e. The Morgan fingerprint density at radius 1 is 1.27 bits per heavy atom. The first-order valence-corrected chi connectivity index (χ1v) is 8.55. The van der Waals surface area contributed by atoms with Crippen molar-refractivity contribution in [1.29, 1.82) is 0 Å². The van der Waals surface area contributed by atoms with Gasteiger partial charge in [-0.15, -0.1) is 0 Å². The highest BCUT2D eigenvalue weighted by atomic mass is 19.1. The molecule has 0 aromatic heterocycles. The number of carbonyl (C=O) groups excluding carboxylic acids is 2. The van der Waals surface area contributed by atoms with Gasteiger partial charge in [0.1, 0.15) is 11.6 Å². The van der Waals surface area contributed by atoms with Crippen LogP contribution in [0.4, 0.5) is 10.1 Å². The minimum absolute atomic E-state index is 0.0850.